The lowest BCUT2D eigenvalue weighted by Gasteiger charge is -2.22. The monoisotopic (exact) mass is 276 g/mol. The van der Waals surface area contributed by atoms with Crippen LogP contribution < -0.4 is 15.0 Å². The van der Waals surface area contributed by atoms with Crippen molar-refractivity contribution in [3.8, 4) is 5.75 Å². The number of carboxylic acid groups (broad SMARTS) is 1. The Morgan fingerprint density at radius 2 is 2.20 bits per heavy atom. The standard InChI is InChI=1S/C13H12N2O5/c16-11-6-20-10-2-1-8(4-9(10)14-11)15-5-7(13(18)19)3-12(15)17/h1-2,4,7H,3,5-6H2,(H,14,16)(H,18,19). The van der Waals surface area contributed by atoms with Gasteiger partial charge in [0.05, 0.1) is 11.6 Å². The molecule has 7 nitrogen and oxygen atoms in total. The molecule has 0 radical (unpaired) electrons. The molecule has 104 valence electrons. The lowest BCUT2D eigenvalue weighted by molar-refractivity contribution is -0.141. The maximum atomic E-state index is 11.9. The minimum absolute atomic E-state index is 0.00469. The number of nitrogens with zero attached hydrogens (tertiary/aromatic N) is 1. The number of carbonyl (C=O) groups excluding carboxylic acids is 2. The SMILES string of the molecule is O=C1COc2ccc(N3CC(C(=O)O)CC3=O)cc2N1. The summed E-state index contributed by atoms with van der Waals surface area (Å²) in [6.07, 6.45) is -0.00469. The van der Waals surface area contributed by atoms with Gasteiger partial charge in [0, 0.05) is 18.7 Å². The predicted molar refractivity (Wildman–Crippen MR) is 68.7 cm³/mol. The first-order valence-electron chi connectivity index (χ1n) is 6.14. The number of fused-ring (bicyclic) bond motifs is 1. The quantitative estimate of drug-likeness (QED) is 0.817. The molecule has 2 amide bonds. The molecule has 0 spiro atoms. The van der Waals surface area contributed by atoms with Gasteiger partial charge in [0.25, 0.3) is 5.91 Å². The molecule has 2 aliphatic heterocycles. The summed E-state index contributed by atoms with van der Waals surface area (Å²) < 4.78 is 5.23. The number of aliphatic carboxylic acids is 1. The average Bonchev–Trinajstić information content (AvgIpc) is 2.80. The highest BCUT2D eigenvalue weighted by Gasteiger charge is 2.35. The van der Waals surface area contributed by atoms with Gasteiger partial charge in [0.15, 0.2) is 6.61 Å². The molecule has 2 N–H and O–H groups in total. The molecule has 1 aromatic rings. The van der Waals surface area contributed by atoms with E-state index in [4.69, 9.17) is 9.84 Å². The Labute approximate surface area is 114 Å². The maximum absolute atomic E-state index is 11.9. The number of anilines is 2. The predicted octanol–water partition coefficient (Wildman–Crippen LogP) is 0.455. The first kappa shape index (κ1) is 12.5. The zero-order chi connectivity index (χ0) is 14.3. The summed E-state index contributed by atoms with van der Waals surface area (Å²) in [7, 11) is 0. The van der Waals surface area contributed by atoms with Crippen molar-refractivity contribution >= 4 is 29.2 Å². The van der Waals surface area contributed by atoms with E-state index in [1.54, 1.807) is 18.2 Å². The fourth-order valence-electron chi connectivity index (χ4n) is 2.36. The molecular weight excluding hydrogens is 264 g/mol. The van der Waals surface area contributed by atoms with Crippen molar-refractivity contribution in [2.24, 2.45) is 5.92 Å². The molecule has 7 heteroatoms. The van der Waals surface area contributed by atoms with E-state index in [9.17, 15) is 14.4 Å². The summed E-state index contributed by atoms with van der Waals surface area (Å²) in [5, 5.41) is 11.6. The van der Waals surface area contributed by atoms with Crippen LogP contribution in [0.3, 0.4) is 0 Å². The molecular formula is C13H12N2O5. The Bertz CT molecular complexity index is 613. The molecule has 1 fully saturated rings. The van der Waals surface area contributed by atoms with Gasteiger partial charge in [-0.1, -0.05) is 0 Å². The molecule has 3 rings (SSSR count). The first-order chi connectivity index (χ1) is 9.54. The molecule has 1 unspecified atom stereocenters. The highest BCUT2D eigenvalue weighted by atomic mass is 16.5. The lowest BCUT2D eigenvalue weighted by atomic mass is 10.1. The summed E-state index contributed by atoms with van der Waals surface area (Å²) >= 11 is 0. The van der Waals surface area contributed by atoms with Gasteiger partial charge < -0.3 is 20.1 Å². The van der Waals surface area contributed by atoms with Crippen molar-refractivity contribution in [3.05, 3.63) is 18.2 Å². The number of carbonyl (C=O) groups is 3. The molecule has 0 bridgehead atoms. The van der Waals surface area contributed by atoms with Crippen molar-refractivity contribution in [3.63, 3.8) is 0 Å². The van der Waals surface area contributed by atoms with Crippen LogP contribution in [-0.4, -0.2) is 36.0 Å². The lowest BCUT2D eigenvalue weighted by Crippen LogP contribution is -2.28. The second kappa shape index (κ2) is 4.52. The summed E-state index contributed by atoms with van der Waals surface area (Å²) in [6, 6.07) is 4.96. The summed E-state index contributed by atoms with van der Waals surface area (Å²) in [4.78, 5) is 35.5. The minimum atomic E-state index is -0.976. The minimum Gasteiger partial charge on any atom is -0.482 e. The Kier molecular flexibility index (Phi) is 2.81. The molecule has 20 heavy (non-hydrogen) atoms. The van der Waals surface area contributed by atoms with Gasteiger partial charge in [-0.2, -0.15) is 0 Å². The number of amides is 2. The van der Waals surface area contributed by atoms with E-state index in [1.807, 2.05) is 0 Å². The fourth-order valence-corrected chi connectivity index (χ4v) is 2.36. The van der Waals surface area contributed by atoms with Crippen molar-refractivity contribution in [1.82, 2.24) is 0 Å². The van der Waals surface area contributed by atoms with E-state index in [0.29, 0.717) is 17.1 Å². The zero-order valence-electron chi connectivity index (χ0n) is 10.5. The number of hydrogen-bond donors (Lipinski definition) is 2. The number of nitrogens with one attached hydrogen (secondary N) is 1. The van der Waals surface area contributed by atoms with Crippen molar-refractivity contribution in [2.75, 3.05) is 23.4 Å². The molecule has 0 aromatic heterocycles. The molecule has 0 saturated carbocycles. The van der Waals surface area contributed by atoms with Gasteiger partial charge in [-0.15, -0.1) is 0 Å². The first-order valence-corrected chi connectivity index (χ1v) is 6.14. The number of rotatable bonds is 2. The van der Waals surface area contributed by atoms with Crippen molar-refractivity contribution in [1.29, 1.82) is 0 Å². The number of hydrogen-bond acceptors (Lipinski definition) is 4. The van der Waals surface area contributed by atoms with Gasteiger partial charge >= 0.3 is 5.97 Å². The third kappa shape index (κ3) is 2.07. The second-order valence-electron chi connectivity index (χ2n) is 4.76. The van der Waals surface area contributed by atoms with Gasteiger partial charge in [-0.25, -0.2) is 0 Å². The van der Waals surface area contributed by atoms with E-state index < -0.39 is 11.9 Å². The molecule has 0 aliphatic carbocycles. The van der Waals surface area contributed by atoms with Crippen LogP contribution in [0.4, 0.5) is 11.4 Å². The van der Waals surface area contributed by atoms with Crippen molar-refractivity contribution < 1.29 is 24.2 Å². The van der Waals surface area contributed by atoms with E-state index in [2.05, 4.69) is 5.32 Å². The topological polar surface area (TPSA) is 95.9 Å². The van der Waals surface area contributed by atoms with Crippen LogP contribution >= 0.6 is 0 Å². The van der Waals surface area contributed by atoms with Gasteiger partial charge in [0.1, 0.15) is 5.75 Å². The van der Waals surface area contributed by atoms with Crippen LogP contribution in [0.5, 0.6) is 5.75 Å². The van der Waals surface area contributed by atoms with E-state index in [-0.39, 0.29) is 31.4 Å². The molecule has 2 heterocycles. The van der Waals surface area contributed by atoms with Gasteiger partial charge in [-0.3, -0.25) is 14.4 Å². The molecule has 1 aromatic carbocycles. The average molecular weight is 276 g/mol. The Balaban J connectivity index is 1.88. The van der Waals surface area contributed by atoms with E-state index in [0.717, 1.165) is 0 Å². The smallest absolute Gasteiger partial charge is 0.308 e. The summed E-state index contributed by atoms with van der Waals surface area (Å²) in [5.74, 6) is -1.62. The van der Waals surface area contributed by atoms with Crippen LogP contribution in [0.15, 0.2) is 18.2 Å². The van der Waals surface area contributed by atoms with Crippen LogP contribution in [0, 0.1) is 5.92 Å². The highest BCUT2D eigenvalue weighted by molar-refractivity contribution is 6.01. The molecule has 1 saturated heterocycles. The number of carboxylic acids is 1. The highest BCUT2D eigenvalue weighted by Crippen LogP contribution is 2.34. The van der Waals surface area contributed by atoms with E-state index >= 15 is 0 Å². The molecule has 2 aliphatic rings. The van der Waals surface area contributed by atoms with Crippen LogP contribution in [0.25, 0.3) is 0 Å². The second-order valence-corrected chi connectivity index (χ2v) is 4.76. The Morgan fingerprint density at radius 1 is 1.40 bits per heavy atom. The Morgan fingerprint density at radius 3 is 2.90 bits per heavy atom. The number of ether oxygens (including phenoxy) is 1. The summed E-state index contributed by atoms with van der Waals surface area (Å²) in [6.45, 7) is 0.109. The van der Waals surface area contributed by atoms with Crippen LogP contribution in [-0.2, 0) is 14.4 Å². The van der Waals surface area contributed by atoms with Crippen molar-refractivity contribution in [2.45, 2.75) is 6.42 Å². The largest absolute Gasteiger partial charge is 0.482 e. The van der Waals surface area contributed by atoms with Gasteiger partial charge in [0.2, 0.25) is 5.91 Å². The molecule has 1 atom stereocenters. The van der Waals surface area contributed by atoms with Crippen LogP contribution in [0.2, 0.25) is 0 Å². The fraction of sp³-hybridized carbons (Fsp3) is 0.308. The van der Waals surface area contributed by atoms with E-state index in [1.165, 1.54) is 4.90 Å². The Hall–Kier alpha value is -2.57. The number of benzene rings is 1. The van der Waals surface area contributed by atoms with Crippen LogP contribution in [0.1, 0.15) is 6.42 Å². The zero-order valence-corrected chi connectivity index (χ0v) is 10.5. The summed E-state index contributed by atoms with van der Waals surface area (Å²) in [5.41, 5.74) is 1.05. The third-order valence-electron chi connectivity index (χ3n) is 3.38. The van der Waals surface area contributed by atoms with Gasteiger partial charge in [-0.05, 0) is 18.2 Å². The normalized spacial score (nSPS) is 21.2. The third-order valence-corrected chi connectivity index (χ3v) is 3.38. The maximum Gasteiger partial charge on any atom is 0.308 e.